The predicted octanol–water partition coefficient (Wildman–Crippen LogP) is 16.6. The standard InChI is InChI=1S/C31H25IS.2C24BF20/c1-23-12-13-27(22-31(23)32)26-16-14-24(15-17-26)25-18-20-30(21-19-25)33(28-8-4-2-5-9-28)29-10-6-3-7-11-29;2*26-5-1(6(27)14(35)21(42)13(5)34)25(2-7(28)15(36)22(43)16(37)8(2)29,3-9(30)17(38)23(44)18(39)10(3)31)4-11(32)19(40)24(45)20(41)12(4)33/h2-22,32H,1H3;;/q+2;2*-1. The van der Waals surface area contributed by atoms with Gasteiger partial charge in [-0.05, 0) is 83.8 Å². The van der Waals surface area contributed by atoms with Crippen LogP contribution in [0.2, 0.25) is 0 Å². The summed E-state index contributed by atoms with van der Waals surface area (Å²) in [6.45, 7) is 2.16. The molecule has 0 nitrogen and oxygen atoms in total. The summed E-state index contributed by atoms with van der Waals surface area (Å²) in [7, 11) is -0.112. The molecule has 0 aromatic heterocycles. The van der Waals surface area contributed by atoms with E-state index in [1.54, 1.807) is 0 Å². The quantitative estimate of drug-likeness (QED) is 0.0270. The van der Waals surface area contributed by atoms with Crippen molar-refractivity contribution in [3.05, 3.63) is 369 Å². The minimum Gasteiger partial charge on any atom is -0.207 e. The first-order valence-corrected chi connectivity index (χ1v) is 35.3. The molecule has 640 valence electrons. The van der Waals surface area contributed by atoms with Crippen molar-refractivity contribution in [3.63, 3.8) is 0 Å². The normalized spacial score (nSPS) is 11.7. The van der Waals surface area contributed by atoms with Gasteiger partial charge < -0.3 is 0 Å². The van der Waals surface area contributed by atoms with Crippen LogP contribution in [-0.4, -0.2) is 12.3 Å². The molecule has 0 aliphatic rings. The Morgan fingerprint density at radius 2 is 0.309 bits per heavy atom. The van der Waals surface area contributed by atoms with Gasteiger partial charge in [-0.15, -0.1) is 43.7 Å². The van der Waals surface area contributed by atoms with Crippen LogP contribution in [0, 0.1) is 243 Å². The third kappa shape index (κ3) is 14.6. The van der Waals surface area contributed by atoms with Crippen molar-refractivity contribution in [2.75, 3.05) is 0 Å². The number of halogens is 41. The van der Waals surface area contributed by atoms with Gasteiger partial charge in [0.2, 0.25) is 0 Å². The van der Waals surface area contributed by atoms with Gasteiger partial charge in [0.05, 0.1) is 10.9 Å². The summed E-state index contributed by atoms with van der Waals surface area (Å²) in [5.74, 6) is -143. The third-order valence-electron chi connectivity index (χ3n) is 19.2. The molecule has 13 aromatic carbocycles. The van der Waals surface area contributed by atoms with E-state index in [0.29, 0.717) is 0 Å². The first-order valence-electron chi connectivity index (χ1n) is 32.9. The minimum atomic E-state index is -7.22. The molecule has 0 heterocycles. The number of aryl methyl sites for hydroxylation is 1. The molecule has 123 heavy (non-hydrogen) atoms. The largest absolute Gasteiger partial charge is 0.297 e. The molecular formula is C79H25B2F40IS. The Morgan fingerprint density at radius 1 is 0.171 bits per heavy atom. The lowest BCUT2D eigenvalue weighted by Crippen LogP contribution is -3.34. The van der Waals surface area contributed by atoms with Crippen LogP contribution in [-0.2, 0) is 10.9 Å². The second-order valence-corrected chi connectivity index (χ2v) is 28.9. The molecule has 0 bridgehead atoms. The summed E-state index contributed by atoms with van der Waals surface area (Å²) in [6, 6.07) is 46.3. The molecule has 0 spiro atoms. The maximum absolute atomic E-state index is 15.4. The highest BCUT2D eigenvalue weighted by Crippen LogP contribution is 2.38. The molecule has 0 aliphatic heterocycles. The Kier molecular flexibility index (Phi) is 25.8. The fourth-order valence-electron chi connectivity index (χ4n) is 13.7. The molecule has 0 unspecified atom stereocenters. The summed E-state index contributed by atoms with van der Waals surface area (Å²) in [6.07, 6.45) is -14.4. The lowest BCUT2D eigenvalue weighted by molar-refractivity contribution is -0.329. The third-order valence-corrected chi connectivity index (χ3v) is 22.7. The first kappa shape index (κ1) is 92.0. The Morgan fingerprint density at radius 3 is 0.480 bits per heavy atom. The van der Waals surface area contributed by atoms with Crippen LogP contribution in [0.4, 0.5) is 176 Å². The maximum atomic E-state index is 15.4. The molecular weight excluding hydrogens is 1890 g/mol. The van der Waals surface area contributed by atoms with Crippen LogP contribution in [0.3, 0.4) is 0 Å². The summed E-state index contributed by atoms with van der Waals surface area (Å²) >= 11 is 2.10. The van der Waals surface area contributed by atoms with Gasteiger partial charge in [0.1, 0.15) is 105 Å². The fourth-order valence-corrected chi connectivity index (χ4v) is 16.3. The Bertz CT molecular complexity index is 5420. The van der Waals surface area contributed by atoms with E-state index in [-0.39, 0.29) is 10.9 Å². The average Bonchev–Trinajstić information content (AvgIpc) is 0.684. The van der Waals surface area contributed by atoms with Crippen molar-refractivity contribution in [1.29, 1.82) is 0 Å². The lowest BCUT2D eigenvalue weighted by Gasteiger charge is -2.44. The molecule has 0 saturated carbocycles. The van der Waals surface area contributed by atoms with E-state index in [1.165, 1.54) is 46.1 Å². The van der Waals surface area contributed by atoms with E-state index in [0.717, 1.165) is 0 Å². The van der Waals surface area contributed by atoms with E-state index >= 15 is 70.2 Å². The number of hydrogen-bond acceptors (Lipinski definition) is 0. The van der Waals surface area contributed by atoms with Crippen LogP contribution in [0.1, 0.15) is 5.56 Å². The summed E-state index contributed by atoms with van der Waals surface area (Å²) in [5, 5.41) is 0. The molecule has 0 aliphatic carbocycles. The molecule has 0 saturated heterocycles. The Balaban J connectivity index is 0.000000182. The molecule has 13 rings (SSSR count). The van der Waals surface area contributed by atoms with Gasteiger partial charge in [-0.3, -0.25) is 0 Å². The van der Waals surface area contributed by atoms with Crippen LogP contribution in [0.5, 0.6) is 0 Å². The van der Waals surface area contributed by atoms with Gasteiger partial charge >= 0.3 is 0 Å². The van der Waals surface area contributed by atoms with Crippen molar-refractivity contribution < 1.29 is 198 Å². The van der Waals surface area contributed by atoms with Gasteiger partial charge in [-0.1, -0.05) is 72.8 Å². The SMILES string of the molecule is Cc1ccc(-c2ccc(-c3ccc([S+](c4ccccc4)c4ccccc4)cc3)cc2)cc1[IH+].Fc1c(F)c(F)c([B-](c2c(F)c(F)c(F)c(F)c2F)(c2c(F)c(F)c(F)c(F)c2F)c2c(F)c(F)c(F)c(F)c2F)c(F)c1F.Fc1c(F)c(F)c([B-](c2c(F)c(F)c(F)c(F)c2F)(c2c(F)c(F)c(F)c(F)c2F)c2c(F)c(F)c(F)c(F)c2F)c(F)c1F. The number of benzene rings is 13. The van der Waals surface area contributed by atoms with Crippen molar-refractivity contribution in [1.82, 2.24) is 0 Å². The summed E-state index contributed by atoms with van der Waals surface area (Å²) in [4.78, 5) is 4.02. The predicted molar refractivity (Wildman–Crippen MR) is 356 cm³/mol. The van der Waals surface area contributed by atoms with Crippen molar-refractivity contribution in [3.8, 4) is 22.3 Å². The highest BCUT2D eigenvalue weighted by atomic mass is 127. The Labute approximate surface area is 675 Å². The van der Waals surface area contributed by atoms with Gasteiger partial charge in [0.25, 0.3) is 22.6 Å². The molecule has 0 radical (unpaired) electrons. The number of hydrogen-bond donors (Lipinski definition) is 0. The highest BCUT2D eigenvalue weighted by Gasteiger charge is 2.55. The minimum absolute atomic E-state index is 0.112. The zero-order valence-electron chi connectivity index (χ0n) is 58.7. The molecule has 0 N–H and O–H groups in total. The van der Waals surface area contributed by atoms with Gasteiger partial charge in [0.15, 0.2) is 158 Å². The van der Waals surface area contributed by atoms with E-state index in [4.69, 9.17) is 0 Å². The monoisotopic (exact) mass is 1910 g/mol. The maximum Gasteiger partial charge on any atom is 0.297 e. The van der Waals surface area contributed by atoms with E-state index in [2.05, 4.69) is 157 Å². The van der Waals surface area contributed by atoms with Crippen molar-refractivity contribution in [2.24, 2.45) is 0 Å². The van der Waals surface area contributed by atoms with Gasteiger partial charge in [-0.25, -0.2) is 176 Å². The van der Waals surface area contributed by atoms with Crippen LogP contribution in [0.15, 0.2) is 142 Å². The summed E-state index contributed by atoms with van der Waals surface area (Å²) < 4.78 is 589. The van der Waals surface area contributed by atoms with E-state index in [1.807, 2.05) is 0 Å². The number of rotatable bonds is 13. The fraction of sp³-hybridized carbons (Fsp3) is 0.0127. The smallest absolute Gasteiger partial charge is 0.207 e. The molecule has 44 heteroatoms. The molecule has 13 aromatic rings. The highest BCUT2D eigenvalue weighted by molar-refractivity contribution is 7.97. The molecule has 0 fully saturated rings. The Hall–Kier alpha value is -11.7. The van der Waals surface area contributed by atoms with Crippen LogP contribution < -0.4 is 66.3 Å². The van der Waals surface area contributed by atoms with E-state index < -0.39 is 289 Å². The van der Waals surface area contributed by atoms with Crippen LogP contribution in [0.25, 0.3) is 22.3 Å². The van der Waals surface area contributed by atoms with Crippen molar-refractivity contribution in [2.45, 2.75) is 21.6 Å². The van der Waals surface area contributed by atoms with Gasteiger partial charge in [-0.2, -0.15) is 0 Å². The molecule has 0 amide bonds. The second kappa shape index (κ2) is 34.5. The average molecular weight is 1910 g/mol. The second-order valence-electron chi connectivity index (χ2n) is 25.6. The summed E-state index contributed by atoms with van der Waals surface area (Å²) in [5.41, 5.74) is -22.3. The van der Waals surface area contributed by atoms with Crippen LogP contribution >= 0.6 is 0 Å². The lowest BCUT2D eigenvalue weighted by atomic mass is 9.12. The van der Waals surface area contributed by atoms with E-state index in [9.17, 15) is 105 Å². The van der Waals surface area contributed by atoms with Crippen molar-refractivity contribution >= 4 is 66.9 Å². The zero-order valence-corrected chi connectivity index (χ0v) is 61.9. The van der Waals surface area contributed by atoms with Gasteiger partial charge in [0, 0.05) is 5.56 Å². The topological polar surface area (TPSA) is 0 Å². The first-order chi connectivity index (χ1) is 57.6. The molecule has 0 atom stereocenters. The zero-order chi connectivity index (χ0) is 91.3.